The van der Waals surface area contributed by atoms with Crippen LogP contribution in [0.5, 0.6) is 34.5 Å². The van der Waals surface area contributed by atoms with E-state index < -0.39 is 84.0 Å². The summed E-state index contributed by atoms with van der Waals surface area (Å²) in [6, 6.07) is 18.4. The van der Waals surface area contributed by atoms with Crippen molar-refractivity contribution in [1.82, 2.24) is 20.6 Å². The highest BCUT2D eigenvalue weighted by Crippen LogP contribution is 2.30. The Kier molecular flexibility index (Phi) is 19.4. The third-order valence-corrected chi connectivity index (χ3v) is 11.6. The van der Waals surface area contributed by atoms with Crippen LogP contribution in [0.15, 0.2) is 85.2 Å². The summed E-state index contributed by atoms with van der Waals surface area (Å²) >= 11 is 0. The normalized spacial score (nSPS) is 24.0. The molecule has 2 aromatic carbocycles. The zero-order chi connectivity index (χ0) is 50.2. The number of pyridine rings is 2. The molecule has 20 heteroatoms. The molecule has 4 heterocycles. The maximum absolute atomic E-state index is 13.5. The average molecular weight is 975 g/mol. The highest BCUT2D eigenvalue weighted by Gasteiger charge is 2.39. The highest BCUT2D eigenvalue weighted by molar-refractivity contribution is 5.98. The third-order valence-electron chi connectivity index (χ3n) is 11.6. The summed E-state index contributed by atoms with van der Waals surface area (Å²) in [6.07, 6.45) is -0.691. The molecule has 2 fully saturated rings. The highest BCUT2D eigenvalue weighted by atomic mass is 16.6. The summed E-state index contributed by atoms with van der Waals surface area (Å²) in [6.45, 7) is 7.47. The summed E-state index contributed by atoms with van der Waals surface area (Å²) in [7, 11) is 2.67. The molecule has 2 saturated heterocycles. The van der Waals surface area contributed by atoms with Crippen molar-refractivity contribution in [1.29, 1.82) is 0 Å². The maximum atomic E-state index is 13.5. The van der Waals surface area contributed by atoms with E-state index in [1.54, 1.807) is 38.1 Å². The minimum Gasteiger partial charge on any atom is -0.503 e. The Balaban J connectivity index is 1.06. The molecule has 2 aliphatic heterocycles. The molecule has 2 aliphatic rings. The molecule has 4 N–H and O–H groups in total. The minimum atomic E-state index is -1.25. The number of rotatable bonds is 19. The molecular weight excluding hydrogens is 913 g/mol. The molecule has 0 saturated carbocycles. The molecule has 20 nitrogen and oxygen atoms in total. The number of hydrogen-bond acceptors (Lipinski definition) is 18. The first kappa shape index (κ1) is 52.6. The first-order chi connectivity index (χ1) is 33.8. The van der Waals surface area contributed by atoms with Crippen LogP contribution in [0.2, 0.25) is 0 Å². The van der Waals surface area contributed by atoms with E-state index in [1.807, 2.05) is 43.3 Å². The number of nitrogens with one attached hydrogen (secondary N) is 2. The summed E-state index contributed by atoms with van der Waals surface area (Å²) < 4.78 is 59.7. The molecule has 0 radical (unpaired) electrons. The lowest BCUT2D eigenvalue weighted by atomic mass is 9.99. The molecule has 0 spiro atoms. The Labute approximate surface area is 406 Å². The van der Waals surface area contributed by atoms with Crippen molar-refractivity contribution in [3.63, 3.8) is 0 Å². The largest absolute Gasteiger partial charge is 0.503 e. The number of amides is 2. The fraction of sp³-hybridized carbons (Fsp3) is 0.480. The number of aromatic nitrogens is 2. The summed E-state index contributed by atoms with van der Waals surface area (Å²) in [5.41, 5.74) is -0.670. The molecule has 70 heavy (non-hydrogen) atoms. The molecule has 2 aromatic heterocycles. The van der Waals surface area contributed by atoms with Crippen molar-refractivity contribution in [2.24, 2.45) is 11.8 Å². The quantitative estimate of drug-likeness (QED) is 0.0948. The van der Waals surface area contributed by atoms with E-state index >= 15 is 0 Å². The number of methoxy groups -OCH3 is 2. The number of carbonyl (C=O) groups is 4. The van der Waals surface area contributed by atoms with Crippen molar-refractivity contribution in [3.8, 4) is 34.5 Å². The van der Waals surface area contributed by atoms with Gasteiger partial charge in [-0.25, -0.2) is 19.6 Å². The van der Waals surface area contributed by atoms with E-state index in [1.165, 1.54) is 38.7 Å². The van der Waals surface area contributed by atoms with Crippen LogP contribution in [0.1, 0.15) is 61.5 Å². The van der Waals surface area contributed by atoms with Crippen molar-refractivity contribution >= 4 is 23.8 Å². The van der Waals surface area contributed by atoms with Crippen molar-refractivity contribution in [2.75, 3.05) is 53.9 Å². The number of benzene rings is 2. The van der Waals surface area contributed by atoms with Crippen LogP contribution in [0, 0.1) is 11.8 Å². The Bertz CT molecular complexity index is 2330. The first-order valence-corrected chi connectivity index (χ1v) is 23.0. The van der Waals surface area contributed by atoms with E-state index in [0.717, 1.165) is 12.8 Å². The zero-order valence-corrected chi connectivity index (χ0v) is 40.0. The number of ether oxygens (including phenoxy) is 10. The summed E-state index contributed by atoms with van der Waals surface area (Å²) in [4.78, 5) is 61.3. The van der Waals surface area contributed by atoms with Gasteiger partial charge in [0.2, 0.25) is 0 Å². The third kappa shape index (κ3) is 14.4. The van der Waals surface area contributed by atoms with Crippen LogP contribution < -0.4 is 29.6 Å². The molecule has 0 bridgehead atoms. The van der Waals surface area contributed by atoms with Crippen LogP contribution in [0.4, 0.5) is 0 Å². The van der Waals surface area contributed by atoms with Crippen LogP contribution >= 0.6 is 0 Å². The number of aromatic hydroxyl groups is 2. The number of nitrogens with zero attached hydrogens (tertiary/aromatic N) is 2. The molecule has 2 amide bonds. The van der Waals surface area contributed by atoms with Gasteiger partial charge >= 0.3 is 11.9 Å². The second-order valence-electron chi connectivity index (χ2n) is 17.2. The minimum absolute atomic E-state index is 0.0132. The van der Waals surface area contributed by atoms with Crippen molar-refractivity contribution in [2.45, 2.75) is 89.2 Å². The Morgan fingerprint density at radius 2 is 1.07 bits per heavy atom. The van der Waals surface area contributed by atoms with Crippen LogP contribution in [-0.2, 0) is 38.0 Å². The lowest BCUT2D eigenvalue weighted by Gasteiger charge is -2.32. The van der Waals surface area contributed by atoms with E-state index in [4.69, 9.17) is 47.4 Å². The van der Waals surface area contributed by atoms with Gasteiger partial charge in [-0.3, -0.25) is 9.59 Å². The lowest BCUT2D eigenvalue weighted by Crippen LogP contribution is -2.48. The number of esters is 2. The number of hydrogen-bond donors (Lipinski definition) is 4. The fourth-order valence-corrected chi connectivity index (χ4v) is 7.68. The molecule has 4 aromatic rings. The topological polar surface area (TPSA) is 251 Å². The van der Waals surface area contributed by atoms with Gasteiger partial charge < -0.3 is 68.2 Å². The molecule has 10 atom stereocenters. The van der Waals surface area contributed by atoms with Gasteiger partial charge in [0.25, 0.3) is 11.8 Å². The van der Waals surface area contributed by atoms with Crippen molar-refractivity contribution < 1.29 is 76.8 Å². The van der Waals surface area contributed by atoms with Gasteiger partial charge in [-0.15, -0.1) is 0 Å². The molecule has 378 valence electrons. The van der Waals surface area contributed by atoms with E-state index in [0.29, 0.717) is 18.1 Å². The SMILES string of the molecule is COc1ccnc(C(=O)NC2COCC(Oc3ccccc3)C(OCC(C)CCC(C)COC3COCC(NC(=O)c4nccc(OC)c4O)C(=O)OC(C)C3Oc3ccccc3)C(C)OC2=O)c1O. The van der Waals surface area contributed by atoms with Crippen molar-refractivity contribution in [3.05, 3.63) is 96.6 Å². The Morgan fingerprint density at radius 3 is 1.56 bits per heavy atom. The molecular formula is C50H62N4O16. The van der Waals surface area contributed by atoms with E-state index in [2.05, 4.69) is 27.5 Å². The summed E-state index contributed by atoms with van der Waals surface area (Å²) in [5.74, 6) is -2.96. The number of carbonyl (C=O) groups excluding carboxylic acids is 4. The van der Waals surface area contributed by atoms with Gasteiger partial charge in [0.1, 0.15) is 35.9 Å². The van der Waals surface area contributed by atoms with Crippen LogP contribution in [0.3, 0.4) is 0 Å². The monoisotopic (exact) mass is 974 g/mol. The van der Waals surface area contributed by atoms with Gasteiger partial charge in [-0.1, -0.05) is 50.2 Å². The average Bonchev–Trinajstić information content (AvgIpc) is 3.43. The van der Waals surface area contributed by atoms with Gasteiger partial charge in [-0.05, 0) is 62.8 Å². The van der Waals surface area contributed by atoms with E-state index in [9.17, 15) is 29.4 Å². The fourth-order valence-electron chi connectivity index (χ4n) is 7.68. The Hall–Kier alpha value is -6.74. The molecule has 10 unspecified atom stereocenters. The number of para-hydroxylation sites is 2. The summed E-state index contributed by atoms with van der Waals surface area (Å²) in [5, 5.41) is 26.1. The second kappa shape index (κ2) is 25.7. The Morgan fingerprint density at radius 1 is 0.629 bits per heavy atom. The van der Waals surface area contributed by atoms with Gasteiger partial charge in [-0.2, -0.15) is 0 Å². The predicted molar refractivity (Wildman–Crippen MR) is 249 cm³/mol. The maximum Gasteiger partial charge on any atom is 0.331 e. The van der Waals surface area contributed by atoms with Gasteiger partial charge in [0.05, 0.1) is 40.6 Å². The van der Waals surface area contributed by atoms with Gasteiger partial charge in [0, 0.05) is 37.7 Å². The second-order valence-corrected chi connectivity index (χ2v) is 17.2. The lowest BCUT2D eigenvalue weighted by molar-refractivity contribution is -0.163. The standard InChI is InChI=1S/C50H62N4O16/c1-29(23-65-39-27-63-25-35(53-47(57)41-43(55)37(61-5)19-21-51-41)50(60)68-32(4)46(39)70-34-15-11-8-12-16-34)17-18-30(2)24-66-45-31(3)67-49(59)36(26-64-28-40(45)69-33-13-9-7-10-14-33)54-48(58)42-44(56)38(62-6)20-22-52-42/h7-16,19-22,29-32,35-36,39-40,45-46,55-56H,17-18,23-28H2,1-6H3,(H,53,57)(H,54,58). The van der Waals surface area contributed by atoms with Gasteiger partial charge in [0.15, 0.2) is 58.7 Å². The molecule has 0 aliphatic carbocycles. The number of cyclic esters (lactones) is 2. The smallest absolute Gasteiger partial charge is 0.331 e. The first-order valence-electron chi connectivity index (χ1n) is 23.0. The predicted octanol–water partition coefficient (Wildman–Crippen LogP) is 4.44. The molecule has 6 rings (SSSR count). The zero-order valence-electron chi connectivity index (χ0n) is 40.0. The van der Waals surface area contributed by atoms with Crippen LogP contribution in [-0.4, -0.2) is 147 Å². The van der Waals surface area contributed by atoms with E-state index in [-0.39, 0.29) is 67.8 Å². The van der Waals surface area contributed by atoms with Crippen LogP contribution in [0.25, 0.3) is 0 Å².